The highest BCUT2D eigenvalue weighted by Crippen LogP contribution is 2.26. The predicted octanol–water partition coefficient (Wildman–Crippen LogP) is 2.57. The van der Waals surface area contributed by atoms with Gasteiger partial charge < -0.3 is 0 Å². The van der Waals surface area contributed by atoms with Crippen molar-refractivity contribution >= 4 is 10.0 Å². The molecule has 0 aliphatic carbocycles. The van der Waals surface area contributed by atoms with Crippen molar-refractivity contribution in [2.45, 2.75) is 17.9 Å². The first-order valence-corrected chi connectivity index (χ1v) is 9.72. The molecule has 1 aliphatic heterocycles. The molecule has 1 saturated heterocycles. The van der Waals surface area contributed by atoms with Gasteiger partial charge in [-0.25, -0.2) is 8.42 Å². The minimum absolute atomic E-state index is 0.319. The van der Waals surface area contributed by atoms with Crippen molar-refractivity contribution in [2.75, 3.05) is 26.2 Å². The van der Waals surface area contributed by atoms with E-state index in [-0.39, 0.29) is 6.04 Å². The summed E-state index contributed by atoms with van der Waals surface area (Å²) in [5, 5.41) is 9.64. The van der Waals surface area contributed by atoms with Gasteiger partial charge in [0.2, 0.25) is 10.0 Å². The number of sulfonamides is 1. The summed E-state index contributed by atoms with van der Waals surface area (Å²) in [5.41, 5.74) is 2.07. The van der Waals surface area contributed by atoms with Gasteiger partial charge in [0.05, 0.1) is 11.0 Å². The zero-order chi connectivity index (χ0) is 17.9. The molecule has 0 aromatic heterocycles. The van der Waals surface area contributed by atoms with Crippen molar-refractivity contribution in [1.29, 1.82) is 5.26 Å². The van der Waals surface area contributed by atoms with Crippen LogP contribution in [0.15, 0.2) is 59.5 Å². The molecular formula is C19H21N3O2S. The lowest BCUT2D eigenvalue weighted by Crippen LogP contribution is -2.49. The maximum Gasteiger partial charge on any atom is 0.243 e. The molecule has 6 heteroatoms. The SMILES string of the molecule is Cc1ccccc1C(C#N)N1CCN(S(=O)(=O)c2ccccc2)CC1. The van der Waals surface area contributed by atoms with Gasteiger partial charge in [-0.15, -0.1) is 0 Å². The zero-order valence-electron chi connectivity index (χ0n) is 14.2. The van der Waals surface area contributed by atoms with Crippen LogP contribution >= 0.6 is 0 Å². The van der Waals surface area contributed by atoms with Crippen LogP contribution in [0.5, 0.6) is 0 Å². The summed E-state index contributed by atoms with van der Waals surface area (Å²) in [4.78, 5) is 2.37. The molecule has 0 spiro atoms. The van der Waals surface area contributed by atoms with Gasteiger partial charge in [-0.2, -0.15) is 9.57 Å². The first-order chi connectivity index (χ1) is 12.0. The monoisotopic (exact) mass is 355 g/mol. The van der Waals surface area contributed by atoms with Gasteiger partial charge in [0.25, 0.3) is 0 Å². The maximum atomic E-state index is 12.7. The lowest BCUT2D eigenvalue weighted by atomic mass is 10.0. The van der Waals surface area contributed by atoms with E-state index in [0.29, 0.717) is 31.1 Å². The molecule has 1 atom stereocenters. The number of aryl methyl sites for hydroxylation is 1. The highest BCUT2D eigenvalue weighted by atomic mass is 32.2. The molecule has 1 fully saturated rings. The van der Waals surface area contributed by atoms with Crippen molar-refractivity contribution in [3.8, 4) is 6.07 Å². The number of rotatable bonds is 4. The number of benzene rings is 2. The third-order valence-electron chi connectivity index (χ3n) is 4.62. The molecule has 1 aliphatic rings. The van der Waals surface area contributed by atoms with E-state index in [0.717, 1.165) is 11.1 Å². The Hall–Kier alpha value is -2.20. The van der Waals surface area contributed by atoms with Crippen molar-refractivity contribution in [3.63, 3.8) is 0 Å². The normalized spacial score (nSPS) is 17.8. The van der Waals surface area contributed by atoms with Crippen LogP contribution < -0.4 is 0 Å². The Kier molecular flexibility index (Phi) is 5.19. The second-order valence-electron chi connectivity index (χ2n) is 6.14. The van der Waals surface area contributed by atoms with Crippen LogP contribution in [0.4, 0.5) is 0 Å². The third kappa shape index (κ3) is 3.59. The van der Waals surface area contributed by atoms with Gasteiger partial charge in [-0.3, -0.25) is 4.90 Å². The summed E-state index contributed by atoms with van der Waals surface area (Å²) < 4.78 is 26.9. The second-order valence-corrected chi connectivity index (χ2v) is 8.08. The highest BCUT2D eigenvalue weighted by Gasteiger charge is 2.31. The highest BCUT2D eigenvalue weighted by molar-refractivity contribution is 7.89. The molecule has 1 heterocycles. The van der Waals surface area contributed by atoms with E-state index in [1.54, 1.807) is 30.3 Å². The number of hydrogen-bond acceptors (Lipinski definition) is 4. The van der Waals surface area contributed by atoms with Crippen molar-refractivity contribution in [2.24, 2.45) is 0 Å². The van der Waals surface area contributed by atoms with E-state index in [4.69, 9.17) is 0 Å². The first-order valence-electron chi connectivity index (χ1n) is 8.28. The fourth-order valence-corrected chi connectivity index (χ4v) is 4.63. The van der Waals surface area contributed by atoms with Gasteiger partial charge in [-0.1, -0.05) is 42.5 Å². The van der Waals surface area contributed by atoms with Gasteiger partial charge in [0, 0.05) is 26.2 Å². The fraction of sp³-hybridized carbons (Fsp3) is 0.316. The summed E-state index contributed by atoms with van der Waals surface area (Å²) in [5.74, 6) is 0. The summed E-state index contributed by atoms with van der Waals surface area (Å²) in [7, 11) is -3.47. The van der Waals surface area contributed by atoms with Crippen LogP contribution in [0.25, 0.3) is 0 Å². The predicted molar refractivity (Wildman–Crippen MR) is 96.3 cm³/mol. The summed E-state index contributed by atoms with van der Waals surface area (Å²) in [6.45, 7) is 3.86. The fourth-order valence-electron chi connectivity index (χ4n) is 3.19. The van der Waals surface area contributed by atoms with Crippen molar-refractivity contribution in [1.82, 2.24) is 9.21 Å². The number of hydrogen-bond donors (Lipinski definition) is 0. The van der Waals surface area contributed by atoms with E-state index >= 15 is 0 Å². The Labute approximate surface area is 149 Å². The largest absolute Gasteiger partial charge is 0.282 e. The van der Waals surface area contributed by atoms with Gasteiger partial charge in [0.15, 0.2) is 0 Å². The van der Waals surface area contributed by atoms with E-state index < -0.39 is 10.0 Å². The van der Waals surface area contributed by atoms with Crippen LogP contribution in [0.1, 0.15) is 17.2 Å². The van der Waals surface area contributed by atoms with Gasteiger partial charge in [-0.05, 0) is 30.2 Å². The van der Waals surface area contributed by atoms with Crippen LogP contribution in [0.2, 0.25) is 0 Å². The quantitative estimate of drug-likeness (QED) is 0.845. The standard InChI is InChI=1S/C19H21N3O2S/c1-16-7-5-6-10-18(16)19(15-20)21-11-13-22(14-12-21)25(23,24)17-8-3-2-4-9-17/h2-10,19H,11-14H2,1H3. The smallest absolute Gasteiger partial charge is 0.243 e. The maximum absolute atomic E-state index is 12.7. The minimum atomic E-state index is -3.47. The Morgan fingerprint density at radius 3 is 2.16 bits per heavy atom. The lowest BCUT2D eigenvalue weighted by Gasteiger charge is -2.36. The average Bonchev–Trinajstić information content (AvgIpc) is 2.65. The van der Waals surface area contributed by atoms with Crippen molar-refractivity contribution in [3.05, 3.63) is 65.7 Å². The molecule has 3 rings (SSSR count). The van der Waals surface area contributed by atoms with E-state index in [1.807, 2.05) is 31.2 Å². The molecule has 25 heavy (non-hydrogen) atoms. The Morgan fingerprint density at radius 2 is 1.56 bits per heavy atom. The molecule has 0 N–H and O–H groups in total. The van der Waals surface area contributed by atoms with E-state index in [1.165, 1.54) is 4.31 Å². The molecule has 130 valence electrons. The summed E-state index contributed by atoms with van der Waals surface area (Å²) >= 11 is 0. The Bertz CT molecular complexity index is 867. The Morgan fingerprint density at radius 1 is 0.960 bits per heavy atom. The Balaban J connectivity index is 1.74. The first kappa shape index (κ1) is 17.6. The molecular weight excluding hydrogens is 334 g/mol. The third-order valence-corrected chi connectivity index (χ3v) is 6.54. The molecule has 0 amide bonds. The molecule has 2 aromatic rings. The molecule has 0 bridgehead atoms. The van der Waals surface area contributed by atoms with E-state index in [9.17, 15) is 13.7 Å². The molecule has 5 nitrogen and oxygen atoms in total. The van der Waals surface area contributed by atoms with E-state index in [2.05, 4.69) is 11.0 Å². The number of nitriles is 1. The van der Waals surface area contributed by atoms with Crippen LogP contribution in [-0.2, 0) is 10.0 Å². The zero-order valence-corrected chi connectivity index (χ0v) is 15.0. The summed E-state index contributed by atoms with van der Waals surface area (Å²) in [6, 6.07) is 18.4. The number of nitrogens with zero attached hydrogens (tertiary/aromatic N) is 3. The van der Waals surface area contributed by atoms with Crippen molar-refractivity contribution < 1.29 is 8.42 Å². The lowest BCUT2D eigenvalue weighted by molar-refractivity contribution is 0.162. The average molecular weight is 355 g/mol. The molecule has 0 radical (unpaired) electrons. The molecule has 2 aromatic carbocycles. The second kappa shape index (κ2) is 7.36. The van der Waals surface area contributed by atoms with Crippen LogP contribution in [-0.4, -0.2) is 43.8 Å². The summed E-state index contributed by atoms with van der Waals surface area (Å²) in [6.07, 6.45) is 0. The molecule has 1 unspecified atom stereocenters. The van der Waals surface area contributed by atoms with Gasteiger partial charge >= 0.3 is 0 Å². The topological polar surface area (TPSA) is 64.4 Å². The number of piperazine rings is 1. The molecule has 0 saturated carbocycles. The van der Waals surface area contributed by atoms with Crippen LogP contribution in [0.3, 0.4) is 0 Å². The van der Waals surface area contributed by atoms with Crippen LogP contribution in [0, 0.1) is 18.3 Å². The minimum Gasteiger partial charge on any atom is -0.282 e. The van der Waals surface area contributed by atoms with Gasteiger partial charge in [0.1, 0.15) is 6.04 Å².